The van der Waals surface area contributed by atoms with Crippen LogP contribution < -0.4 is 5.56 Å². The number of aromatic nitrogens is 2. The molecule has 0 atom stereocenters. The number of hydrogen-bond donors (Lipinski definition) is 2. The molecular weight excluding hydrogens is 264 g/mol. The molecule has 0 bridgehead atoms. The summed E-state index contributed by atoms with van der Waals surface area (Å²) in [4.78, 5) is 17.5. The average Bonchev–Trinajstić information content (AvgIpc) is 2.39. The second-order valence-corrected chi connectivity index (χ2v) is 4.56. The molecule has 0 fully saturated rings. The Kier molecular flexibility index (Phi) is 5.95. The number of thioether (sulfide) groups is 1. The molecule has 0 amide bonds. The lowest BCUT2D eigenvalue weighted by Crippen LogP contribution is -2.07. The van der Waals surface area contributed by atoms with E-state index < -0.39 is 11.3 Å². The quantitative estimate of drug-likeness (QED) is 0.362. The van der Waals surface area contributed by atoms with Gasteiger partial charge in [-0.15, -0.1) is 0 Å². The zero-order chi connectivity index (χ0) is 14.3. The summed E-state index contributed by atoms with van der Waals surface area (Å²) in [7, 11) is 1.59. The highest BCUT2D eigenvalue weighted by molar-refractivity contribution is 7.99. The fourth-order valence-electron chi connectivity index (χ4n) is 1.19. The summed E-state index contributed by atoms with van der Waals surface area (Å²) in [6.45, 7) is 5.80. The number of rotatable bonds is 6. The van der Waals surface area contributed by atoms with Crippen LogP contribution in [0.1, 0.15) is 6.92 Å². The molecule has 0 aliphatic carbocycles. The van der Waals surface area contributed by atoms with Crippen molar-refractivity contribution in [1.82, 2.24) is 9.97 Å². The fraction of sp³-hybridized carbons (Fsp3) is 0.231. The predicted molar refractivity (Wildman–Crippen MR) is 76.3 cm³/mol. The van der Waals surface area contributed by atoms with Gasteiger partial charge in [0, 0.05) is 5.75 Å². The number of methoxy groups -OCH3 is 1. The SMILES string of the molecule is C=C(C=C(C=CC)OC)CSc1ncc(O)c(=O)[nH]1. The maximum Gasteiger partial charge on any atom is 0.293 e. The highest BCUT2D eigenvalue weighted by atomic mass is 32.2. The van der Waals surface area contributed by atoms with Crippen molar-refractivity contribution in [1.29, 1.82) is 0 Å². The first kappa shape index (κ1) is 15.1. The maximum atomic E-state index is 11.2. The first-order valence-corrected chi connectivity index (χ1v) is 6.52. The van der Waals surface area contributed by atoms with Gasteiger partial charge in [-0.25, -0.2) is 4.98 Å². The number of aromatic hydroxyl groups is 1. The molecule has 6 heteroatoms. The maximum absolute atomic E-state index is 11.2. The molecule has 0 aromatic carbocycles. The summed E-state index contributed by atoms with van der Waals surface area (Å²) in [5.41, 5.74) is 0.279. The van der Waals surface area contributed by atoms with E-state index in [1.807, 2.05) is 25.2 Å². The lowest BCUT2D eigenvalue weighted by atomic mass is 10.3. The monoisotopic (exact) mass is 280 g/mol. The molecule has 1 aromatic rings. The van der Waals surface area contributed by atoms with E-state index in [2.05, 4.69) is 16.5 Å². The van der Waals surface area contributed by atoms with Crippen LogP contribution in [0.5, 0.6) is 5.75 Å². The zero-order valence-electron chi connectivity index (χ0n) is 10.8. The topological polar surface area (TPSA) is 75.2 Å². The van der Waals surface area contributed by atoms with E-state index in [-0.39, 0.29) is 0 Å². The van der Waals surface area contributed by atoms with E-state index in [9.17, 15) is 4.79 Å². The molecule has 1 aromatic heterocycles. The molecule has 5 nitrogen and oxygen atoms in total. The molecule has 1 rings (SSSR count). The smallest absolute Gasteiger partial charge is 0.293 e. The van der Waals surface area contributed by atoms with Gasteiger partial charge in [0.25, 0.3) is 5.56 Å². The van der Waals surface area contributed by atoms with E-state index in [0.717, 1.165) is 11.8 Å². The van der Waals surface area contributed by atoms with Crippen LogP contribution >= 0.6 is 11.8 Å². The van der Waals surface area contributed by atoms with Gasteiger partial charge in [0.2, 0.25) is 0 Å². The molecular formula is C13H16N2O3S. The third kappa shape index (κ3) is 5.05. The summed E-state index contributed by atoms with van der Waals surface area (Å²) in [6.07, 6.45) is 6.64. The molecule has 0 radical (unpaired) electrons. The number of H-pyrrole nitrogens is 1. The molecule has 0 saturated carbocycles. The third-order valence-electron chi connectivity index (χ3n) is 2.06. The van der Waals surface area contributed by atoms with Gasteiger partial charge in [-0.05, 0) is 24.6 Å². The van der Waals surface area contributed by atoms with Gasteiger partial charge in [-0.3, -0.25) is 9.78 Å². The van der Waals surface area contributed by atoms with E-state index in [1.54, 1.807) is 7.11 Å². The van der Waals surface area contributed by atoms with E-state index >= 15 is 0 Å². The minimum atomic E-state index is -0.551. The number of ether oxygens (including phenoxy) is 1. The molecule has 0 unspecified atom stereocenters. The van der Waals surface area contributed by atoms with Gasteiger partial charge in [0.05, 0.1) is 13.3 Å². The molecule has 0 spiro atoms. The van der Waals surface area contributed by atoms with E-state index in [4.69, 9.17) is 9.84 Å². The van der Waals surface area contributed by atoms with Crippen molar-refractivity contribution in [3.63, 3.8) is 0 Å². The highest BCUT2D eigenvalue weighted by Gasteiger charge is 2.02. The normalized spacial score (nSPS) is 11.8. The minimum absolute atomic E-state index is 0.391. The van der Waals surface area contributed by atoms with E-state index in [0.29, 0.717) is 16.7 Å². The molecule has 1 heterocycles. The summed E-state index contributed by atoms with van der Waals surface area (Å²) in [6, 6.07) is 0. The second-order valence-electron chi connectivity index (χ2n) is 3.60. The van der Waals surface area contributed by atoms with Crippen LogP contribution in [0.25, 0.3) is 0 Å². The summed E-state index contributed by atoms with van der Waals surface area (Å²) in [5, 5.41) is 9.50. The van der Waals surface area contributed by atoms with Gasteiger partial charge in [-0.1, -0.05) is 24.4 Å². The van der Waals surface area contributed by atoms with Crippen molar-refractivity contribution in [2.45, 2.75) is 12.1 Å². The first-order chi connectivity index (χ1) is 9.06. The third-order valence-corrected chi connectivity index (χ3v) is 3.06. The Balaban J connectivity index is 2.63. The molecule has 0 aliphatic rings. The standard InChI is InChI=1S/C13H16N2O3S/c1-4-5-10(18-3)6-9(2)8-19-13-14-7-11(16)12(17)15-13/h4-7,16H,2,8H2,1,3H3,(H,14,15,17). The Morgan fingerprint density at radius 3 is 3.00 bits per heavy atom. The number of aromatic amines is 1. The van der Waals surface area contributed by atoms with Crippen LogP contribution in [0, 0.1) is 0 Å². The number of hydrogen-bond acceptors (Lipinski definition) is 5. The lowest BCUT2D eigenvalue weighted by Gasteiger charge is -2.03. The number of nitrogens with one attached hydrogen (secondary N) is 1. The predicted octanol–water partition coefficient (Wildman–Crippen LogP) is 2.23. The van der Waals surface area contributed by atoms with E-state index in [1.165, 1.54) is 11.8 Å². The largest absolute Gasteiger partial charge is 0.502 e. The first-order valence-electron chi connectivity index (χ1n) is 5.54. The summed E-state index contributed by atoms with van der Waals surface area (Å²) < 4.78 is 5.15. The zero-order valence-corrected chi connectivity index (χ0v) is 11.7. The Bertz CT molecular complexity index is 561. The molecule has 0 saturated heterocycles. The van der Waals surface area contributed by atoms with Crippen LogP contribution in [-0.2, 0) is 4.74 Å². The fourth-order valence-corrected chi connectivity index (χ4v) is 1.89. The van der Waals surface area contributed by atoms with Gasteiger partial charge in [0.1, 0.15) is 5.76 Å². The van der Waals surface area contributed by atoms with Gasteiger partial charge in [-0.2, -0.15) is 0 Å². The van der Waals surface area contributed by atoms with Crippen LogP contribution in [-0.4, -0.2) is 27.9 Å². The minimum Gasteiger partial charge on any atom is -0.502 e. The van der Waals surface area contributed by atoms with Crippen LogP contribution in [0.4, 0.5) is 0 Å². The van der Waals surface area contributed by atoms with Crippen molar-refractivity contribution >= 4 is 11.8 Å². The Morgan fingerprint density at radius 1 is 1.68 bits per heavy atom. The molecule has 2 N–H and O–H groups in total. The Morgan fingerprint density at radius 2 is 2.42 bits per heavy atom. The van der Waals surface area contributed by atoms with Gasteiger partial charge in [0.15, 0.2) is 10.9 Å². The second kappa shape index (κ2) is 7.48. The highest BCUT2D eigenvalue weighted by Crippen LogP contribution is 2.16. The Hall–Kier alpha value is -1.95. The van der Waals surface area contributed by atoms with Gasteiger partial charge >= 0.3 is 0 Å². The van der Waals surface area contributed by atoms with Crippen LogP contribution in [0.3, 0.4) is 0 Å². The number of nitrogens with zero attached hydrogens (tertiary/aromatic N) is 1. The van der Waals surface area contributed by atoms with Crippen molar-refractivity contribution in [3.8, 4) is 5.75 Å². The molecule has 102 valence electrons. The van der Waals surface area contributed by atoms with Crippen molar-refractivity contribution in [2.24, 2.45) is 0 Å². The van der Waals surface area contributed by atoms with Crippen molar-refractivity contribution < 1.29 is 9.84 Å². The summed E-state index contributed by atoms with van der Waals surface area (Å²) in [5.74, 6) is 0.871. The Labute approximate surface area is 115 Å². The summed E-state index contributed by atoms with van der Waals surface area (Å²) >= 11 is 1.32. The van der Waals surface area contributed by atoms with Gasteiger partial charge < -0.3 is 9.84 Å². The number of allylic oxidation sites excluding steroid dienone is 3. The lowest BCUT2D eigenvalue weighted by molar-refractivity contribution is 0.306. The van der Waals surface area contributed by atoms with Crippen molar-refractivity contribution in [3.05, 3.63) is 52.7 Å². The molecule has 19 heavy (non-hydrogen) atoms. The van der Waals surface area contributed by atoms with Crippen LogP contribution in [0.15, 0.2) is 52.3 Å². The van der Waals surface area contributed by atoms with Crippen molar-refractivity contribution in [2.75, 3.05) is 12.9 Å². The average molecular weight is 280 g/mol. The molecule has 0 aliphatic heterocycles. The van der Waals surface area contributed by atoms with Crippen LogP contribution in [0.2, 0.25) is 0 Å².